The van der Waals surface area contributed by atoms with E-state index >= 15 is 0 Å². The molecule has 190 valence electrons. The summed E-state index contributed by atoms with van der Waals surface area (Å²) in [5, 5.41) is 5.75. The van der Waals surface area contributed by atoms with Gasteiger partial charge in [-0.2, -0.15) is 0 Å². The zero-order chi connectivity index (χ0) is 25.5. The van der Waals surface area contributed by atoms with Crippen molar-refractivity contribution < 1.29 is 4.43 Å². The van der Waals surface area contributed by atoms with Crippen LogP contribution in [0.1, 0.15) is 57.6 Å². The molecule has 0 radical (unpaired) electrons. The number of rotatable bonds is 5. The molecule has 0 spiro atoms. The van der Waals surface area contributed by atoms with Crippen molar-refractivity contribution in [3.8, 4) is 0 Å². The molecule has 4 aromatic carbocycles. The van der Waals surface area contributed by atoms with E-state index in [4.69, 9.17) is 4.43 Å². The maximum atomic E-state index is 7.81. The predicted octanol–water partition coefficient (Wildman–Crippen LogP) is 7.64. The van der Waals surface area contributed by atoms with Crippen molar-refractivity contribution in [2.24, 2.45) is 11.8 Å². The summed E-state index contributed by atoms with van der Waals surface area (Å²) in [5.74, 6) is 1.21. The van der Waals surface area contributed by atoms with Gasteiger partial charge in [0.05, 0.1) is 0 Å². The first-order valence-electron chi connectivity index (χ1n) is 14.3. The highest BCUT2D eigenvalue weighted by Crippen LogP contribution is 2.45. The first-order valence-corrected chi connectivity index (χ1v) is 16.4. The third kappa shape index (κ3) is 4.39. The van der Waals surface area contributed by atoms with Gasteiger partial charge in [-0.25, -0.2) is 0 Å². The van der Waals surface area contributed by atoms with Gasteiger partial charge in [0.25, 0.3) is 8.32 Å². The molecule has 2 heteroatoms. The van der Waals surface area contributed by atoms with E-state index in [1.54, 1.807) is 5.56 Å². The Morgan fingerprint density at radius 3 is 2.27 bits per heavy atom. The molecule has 1 saturated carbocycles. The second-order valence-corrected chi connectivity index (χ2v) is 15.6. The number of benzene rings is 4. The molecule has 1 heterocycles. The van der Waals surface area contributed by atoms with E-state index in [0.717, 1.165) is 12.8 Å². The summed E-state index contributed by atoms with van der Waals surface area (Å²) in [6.45, 7) is 7.35. The van der Waals surface area contributed by atoms with Crippen LogP contribution in [0.15, 0.2) is 97.1 Å². The van der Waals surface area contributed by atoms with Crippen LogP contribution in [0.25, 0.3) is 10.8 Å². The van der Waals surface area contributed by atoms with E-state index in [9.17, 15) is 0 Å². The summed E-state index contributed by atoms with van der Waals surface area (Å²) in [5.41, 5.74) is 3.05. The van der Waals surface area contributed by atoms with Crippen LogP contribution in [0, 0.1) is 11.8 Å². The van der Waals surface area contributed by atoms with Crippen LogP contribution >= 0.6 is 0 Å². The molecule has 1 fully saturated rings. The maximum absolute atomic E-state index is 7.81. The minimum Gasteiger partial charge on any atom is -0.405 e. The van der Waals surface area contributed by atoms with Crippen LogP contribution in [-0.2, 0) is 16.3 Å². The molecule has 1 aliphatic heterocycles. The van der Waals surface area contributed by atoms with E-state index in [2.05, 4.69) is 118 Å². The molecule has 0 aromatic heterocycles. The van der Waals surface area contributed by atoms with Gasteiger partial charge in [-0.15, -0.1) is 0 Å². The zero-order valence-corrected chi connectivity index (χ0v) is 23.6. The summed E-state index contributed by atoms with van der Waals surface area (Å²) in [6.07, 6.45) is 6.31. The molecule has 37 heavy (non-hydrogen) atoms. The van der Waals surface area contributed by atoms with Crippen molar-refractivity contribution in [3.63, 3.8) is 0 Å². The largest absolute Gasteiger partial charge is 0.405 e. The lowest BCUT2D eigenvalue weighted by atomic mass is 9.64. The Morgan fingerprint density at radius 2 is 1.49 bits per heavy atom. The molecule has 6 rings (SSSR count). The van der Waals surface area contributed by atoms with Crippen LogP contribution in [-0.4, -0.2) is 14.4 Å². The van der Waals surface area contributed by atoms with Crippen LogP contribution < -0.4 is 10.4 Å². The standard InChI is InChI=1S/C35H40OSi/c1-26-20-22-32(35(2,3)28-14-6-4-7-15-28)33(25-26)36-37(29-16-8-5-9-17-29)24-12-19-31-30-18-11-10-13-27(30)21-23-34(31)37/h4-11,13-18,21,23,26,32-33H,12,19-20,22,24-25H2,1-3H3/t26-,32-,33-,37-/m1/s1. The van der Waals surface area contributed by atoms with Gasteiger partial charge in [-0.05, 0) is 81.3 Å². The lowest BCUT2D eigenvalue weighted by Crippen LogP contribution is -2.66. The SMILES string of the molecule is C[C@@H]1CC[C@@H](C(C)(C)c2ccccc2)[C@H](O[Si@@]2(c3ccccc3)CCCc3c2ccc2ccccc32)C1. The minimum absolute atomic E-state index is 0.0687. The summed E-state index contributed by atoms with van der Waals surface area (Å²) in [7, 11) is -2.44. The highest BCUT2D eigenvalue weighted by molar-refractivity contribution is 6.98. The molecule has 2 aliphatic rings. The summed E-state index contributed by atoms with van der Waals surface area (Å²) in [6, 6.07) is 37.4. The van der Waals surface area contributed by atoms with E-state index in [1.807, 2.05) is 0 Å². The Balaban J connectivity index is 1.49. The van der Waals surface area contributed by atoms with Crippen molar-refractivity contribution in [1.29, 1.82) is 0 Å². The van der Waals surface area contributed by atoms with Crippen LogP contribution in [0.5, 0.6) is 0 Å². The molecule has 4 aromatic rings. The Morgan fingerprint density at radius 1 is 0.784 bits per heavy atom. The van der Waals surface area contributed by atoms with E-state index in [0.29, 0.717) is 11.8 Å². The molecular formula is C35H40OSi. The van der Waals surface area contributed by atoms with Gasteiger partial charge in [0.1, 0.15) is 0 Å². The topological polar surface area (TPSA) is 9.23 Å². The van der Waals surface area contributed by atoms with Crippen molar-refractivity contribution in [1.82, 2.24) is 0 Å². The highest BCUT2D eigenvalue weighted by Gasteiger charge is 2.49. The normalized spacial score (nSPS) is 26.1. The molecule has 0 amide bonds. The molecule has 4 atom stereocenters. The van der Waals surface area contributed by atoms with Gasteiger partial charge in [0, 0.05) is 6.10 Å². The molecule has 0 unspecified atom stereocenters. The Bertz CT molecular complexity index is 1360. The third-order valence-electron chi connectivity index (χ3n) is 9.52. The lowest BCUT2D eigenvalue weighted by Gasteiger charge is -2.49. The zero-order valence-electron chi connectivity index (χ0n) is 22.6. The third-order valence-corrected chi connectivity index (χ3v) is 13.9. The summed E-state index contributed by atoms with van der Waals surface area (Å²) >= 11 is 0. The molecule has 0 bridgehead atoms. The van der Waals surface area contributed by atoms with Crippen LogP contribution in [0.3, 0.4) is 0 Å². The Kier molecular flexibility index (Phi) is 6.59. The average molecular weight is 505 g/mol. The van der Waals surface area contributed by atoms with E-state index in [-0.39, 0.29) is 11.5 Å². The maximum Gasteiger partial charge on any atom is 0.256 e. The first kappa shape index (κ1) is 24.6. The monoisotopic (exact) mass is 504 g/mol. The van der Waals surface area contributed by atoms with Crippen LogP contribution in [0.2, 0.25) is 6.04 Å². The summed E-state index contributed by atoms with van der Waals surface area (Å²) in [4.78, 5) is 0. The van der Waals surface area contributed by atoms with E-state index in [1.165, 1.54) is 52.0 Å². The quantitative estimate of drug-likeness (QED) is 0.254. The lowest BCUT2D eigenvalue weighted by molar-refractivity contribution is 0.0286. The van der Waals surface area contributed by atoms with Crippen molar-refractivity contribution >= 4 is 29.5 Å². The van der Waals surface area contributed by atoms with Gasteiger partial charge in [-0.1, -0.05) is 124 Å². The van der Waals surface area contributed by atoms with Crippen molar-refractivity contribution in [2.75, 3.05) is 0 Å². The van der Waals surface area contributed by atoms with Gasteiger partial charge in [-0.3, -0.25) is 0 Å². The molecular weight excluding hydrogens is 464 g/mol. The van der Waals surface area contributed by atoms with Crippen molar-refractivity contribution in [2.45, 2.75) is 70.4 Å². The number of hydrogen-bond acceptors (Lipinski definition) is 1. The van der Waals surface area contributed by atoms with E-state index < -0.39 is 8.32 Å². The number of aryl methyl sites for hydroxylation is 1. The van der Waals surface area contributed by atoms with Crippen molar-refractivity contribution in [3.05, 3.63) is 108 Å². The van der Waals surface area contributed by atoms with Gasteiger partial charge in [0.2, 0.25) is 0 Å². The Hall–Kier alpha value is -2.68. The minimum atomic E-state index is -2.44. The molecule has 0 saturated heterocycles. The average Bonchev–Trinajstić information content (AvgIpc) is 2.94. The fourth-order valence-electron chi connectivity index (χ4n) is 7.45. The van der Waals surface area contributed by atoms with Gasteiger partial charge >= 0.3 is 0 Å². The molecule has 1 aliphatic carbocycles. The molecule has 1 nitrogen and oxygen atoms in total. The second-order valence-electron chi connectivity index (χ2n) is 12.1. The number of hydrogen-bond donors (Lipinski definition) is 0. The van der Waals surface area contributed by atoms with Gasteiger partial charge in [0.15, 0.2) is 0 Å². The summed E-state index contributed by atoms with van der Waals surface area (Å²) < 4.78 is 7.81. The fraction of sp³-hybridized carbons (Fsp3) is 0.371. The molecule has 0 N–H and O–H groups in total. The smallest absolute Gasteiger partial charge is 0.256 e. The Labute approximate surface area is 224 Å². The van der Waals surface area contributed by atoms with Gasteiger partial charge < -0.3 is 4.43 Å². The predicted molar refractivity (Wildman–Crippen MR) is 159 cm³/mol. The fourth-order valence-corrected chi connectivity index (χ4v) is 12.0. The number of fused-ring (bicyclic) bond motifs is 3. The second kappa shape index (κ2) is 9.89. The highest BCUT2D eigenvalue weighted by atomic mass is 28.4. The first-order chi connectivity index (χ1) is 18.0. The van der Waals surface area contributed by atoms with Crippen LogP contribution in [0.4, 0.5) is 0 Å².